The molecule has 0 saturated carbocycles. The van der Waals surface area contributed by atoms with Gasteiger partial charge >= 0.3 is 13.8 Å². The highest BCUT2D eigenvalue weighted by Crippen LogP contribution is 2.39. The number of aliphatic hydroxyl groups excluding tert-OH is 1. The summed E-state index contributed by atoms with van der Waals surface area (Å²) in [6.07, 6.45) is 0.0263. The SMILES string of the molecule is NC(Cc1ccc(OP(=O)(O)O)c(CO)c1)C(=O)O. The van der Waals surface area contributed by atoms with Crippen LogP contribution in [0.3, 0.4) is 0 Å². The van der Waals surface area contributed by atoms with Crippen LogP contribution in [-0.4, -0.2) is 32.0 Å². The maximum Gasteiger partial charge on any atom is 0.524 e. The molecule has 1 atom stereocenters. The molecule has 0 aromatic heterocycles. The van der Waals surface area contributed by atoms with Crippen LogP contribution in [0.25, 0.3) is 0 Å². The average Bonchev–Trinajstić information content (AvgIpc) is 2.29. The third kappa shape index (κ3) is 4.98. The van der Waals surface area contributed by atoms with Crippen LogP contribution in [0, 0.1) is 0 Å². The van der Waals surface area contributed by atoms with Crippen molar-refractivity contribution in [1.29, 1.82) is 0 Å². The van der Waals surface area contributed by atoms with Crippen molar-refractivity contribution in [3.63, 3.8) is 0 Å². The molecular weight excluding hydrogens is 277 g/mol. The van der Waals surface area contributed by atoms with Gasteiger partial charge in [-0.05, 0) is 24.1 Å². The molecule has 106 valence electrons. The lowest BCUT2D eigenvalue weighted by Crippen LogP contribution is -2.32. The standard InChI is InChI=1S/C10H14NO7P/c11-8(10(13)14)4-6-1-2-9(7(3-6)5-12)18-19(15,16)17/h1-3,8,12H,4-5,11H2,(H,13,14)(H2,15,16,17). The summed E-state index contributed by atoms with van der Waals surface area (Å²) in [6.45, 7) is -0.508. The first kappa shape index (κ1) is 15.6. The van der Waals surface area contributed by atoms with E-state index in [2.05, 4.69) is 4.52 Å². The fourth-order valence-corrected chi connectivity index (χ4v) is 1.88. The van der Waals surface area contributed by atoms with Gasteiger partial charge in [-0.1, -0.05) is 6.07 Å². The molecule has 0 spiro atoms. The molecule has 0 fully saturated rings. The number of phosphoric acid groups is 1. The van der Waals surface area contributed by atoms with Crippen LogP contribution in [0.2, 0.25) is 0 Å². The van der Waals surface area contributed by atoms with E-state index in [1.807, 2.05) is 0 Å². The number of carboxylic acids is 1. The Balaban J connectivity index is 2.96. The highest BCUT2D eigenvalue weighted by Gasteiger charge is 2.19. The maximum atomic E-state index is 10.7. The number of nitrogens with two attached hydrogens (primary N) is 1. The van der Waals surface area contributed by atoms with Gasteiger partial charge in [0.25, 0.3) is 0 Å². The van der Waals surface area contributed by atoms with Gasteiger partial charge in [-0.15, -0.1) is 0 Å². The summed E-state index contributed by atoms with van der Waals surface area (Å²) in [7, 11) is -4.72. The zero-order valence-corrected chi connectivity index (χ0v) is 10.7. The number of aliphatic hydroxyl groups is 1. The van der Waals surface area contributed by atoms with Crippen molar-refractivity contribution in [2.75, 3.05) is 0 Å². The van der Waals surface area contributed by atoms with E-state index >= 15 is 0 Å². The quantitative estimate of drug-likeness (QED) is 0.444. The number of phosphoric ester groups is 1. The van der Waals surface area contributed by atoms with Crippen LogP contribution in [0.4, 0.5) is 0 Å². The molecule has 0 radical (unpaired) electrons. The molecule has 0 bridgehead atoms. The van der Waals surface area contributed by atoms with Crippen molar-refractivity contribution >= 4 is 13.8 Å². The Morgan fingerprint density at radius 3 is 2.53 bits per heavy atom. The smallest absolute Gasteiger partial charge is 0.480 e. The summed E-state index contributed by atoms with van der Waals surface area (Å²) in [5, 5.41) is 17.8. The third-order valence-electron chi connectivity index (χ3n) is 2.29. The predicted octanol–water partition coefficient (Wildman–Crippen LogP) is -0.395. The van der Waals surface area contributed by atoms with Gasteiger partial charge in [0.05, 0.1) is 6.61 Å². The number of carboxylic acid groups (broad SMARTS) is 1. The molecule has 6 N–H and O–H groups in total. The van der Waals surface area contributed by atoms with E-state index in [-0.39, 0.29) is 17.7 Å². The van der Waals surface area contributed by atoms with E-state index in [9.17, 15) is 9.36 Å². The largest absolute Gasteiger partial charge is 0.524 e. The first-order chi connectivity index (χ1) is 8.73. The van der Waals surface area contributed by atoms with Gasteiger partial charge in [-0.2, -0.15) is 0 Å². The zero-order valence-electron chi connectivity index (χ0n) is 9.76. The molecule has 0 saturated heterocycles. The normalized spacial score (nSPS) is 13.1. The van der Waals surface area contributed by atoms with Gasteiger partial charge in [-0.25, -0.2) is 4.57 Å². The molecule has 0 aliphatic heterocycles. The van der Waals surface area contributed by atoms with Crippen LogP contribution in [0.15, 0.2) is 18.2 Å². The second-order valence-electron chi connectivity index (χ2n) is 3.83. The molecule has 1 rings (SSSR count). The van der Waals surface area contributed by atoms with Gasteiger partial charge in [0.1, 0.15) is 11.8 Å². The van der Waals surface area contributed by atoms with Crippen molar-refractivity contribution in [3.8, 4) is 5.75 Å². The van der Waals surface area contributed by atoms with E-state index in [1.54, 1.807) is 0 Å². The number of rotatable bonds is 6. The van der Waals surface area contributed by atoms with Crippen LogP contribution in [0.5, 0.6) is 5.75 Å². The summed E-state index contributed by atoms with van der Waals surface area (Å²) in [5.41, 5.74) is 6.01. The summed E-state index contributed by atoms with van der Waals surface area (Å²) in [6, 6.07) is 2.95. The molecule has 8 nitrogen and oxygen atoms in total. The molecule has 0 amide bonds. The first-order valence-electron chi connectivity index (χ1n) is 5.19. The van der Waals surface area contributed by atoms with E-state index in [0.29, 0.717) is 5.56 Å². The molecule has 1 aromatic rings. The van der Waals surface area contributed by atoms with Crippen molar-refractivity contribution in [2.24, 2.45) is 5.73 Å². The molecule has 0 aliphatic carbocycles. The van der Waals surface area contributed by atoms with E-state index < -0.39 is 26.4 Å². The van der Waals surface area contributed by atoms with Crippen molar-refractivity contribution < 1.29 is 33.9 Å². The second-order valence-corrected chi connectivity index (χ2v) is 4.99. The van der Waals surface area contributed by atoms with Gasteiger partial charge in [0, 0.05) is 5.56 Å². The Kier molecular flexibility index (Phi) is 5.04. The van der Waals surface area contributed by atoms with Crippen LogP contribution in [-0.2, 0) is 22.4 Å². The Labute approximate surface area is 108 Å². The van der Waals surface area contributed by atoms with Gasteiger partial charge < -0.3 is 20.5 Å². The molecule has 19 heavy (non-hydrogen) atoms. The Morgan fingerprint density at radius 1 is 1.42 bits per heavy atom. The van der Waals surface area contributed by atoms with Gasteiger partial charge in [0.15, 0.2) is 0 Å². The molecule has 1 aromatic carbocycles. The summed E-state index contributed by atoms with van der Waals surface area (Å²) in [4.78, 5) is 28.0. The lowest BCUT2D eigenvalue weighted by Gasteiger charge is -2.13. The van der Waals surface area contributed by atoms with E-state index in [4.69, 9.17) is 25.7 Å². The Hall–Kier alpha value is -1.44. The fraction of sp³-hybridized carbons (Fsp3) is 0.300. The van der Waals surface area contributed by atoms with E-state index in [1.165, 1.54) is 18.2 Å². The summed E-state index contributed by atoms with van der Waals surface area (Å²) >= 11 is 0. The van der Waals surface area contributed by atoms with Crippen molar-refractivity contribution in [3.05, 3.63) is 29.3 Å². The topological polar surface area (TPSA) is 150 Å². The highest BCUT2D eigenvalue weighted by molar-refractivity contribution is 7.46. The van der Waals surface area contributed by atoms with Gasteiger partial charge in [-0.3, -0.25) is 14.6 Å². The lowest BCUT2D eigenvalue weighted by atomic mass is 10.0. The molecule has 0 aliphatic rings. The summed E-state index contributed by atoms with van der Waals surface area (Å²) < 4.78 is 15.1. The molecule has 0 heterocycles. The minimum Gasteiger partial charge on any atom is -0.480 e. The monoisotopic (exact) mass is 291 g/mol. The first-order valence-corrected chi connectivity index (χ1v) is 6.72. The predicted molar refractivity (Wildman–Crippen MR) is 64.4 cm³/mol. The Morgan fingerprint density at radius 2 is 2.05 bits per heavy atom. The average molecular weight is 291 g/mol. The number of hydrogen-bond donors (Lipinski definition) is 5. The molecular formula is C10H14NO7P. The van der Waals surface area contributed by atoms with E-state index in [0.717, 1.165) is 0 Å². The van der Waals surface area contributed by atoms with Gasteiger partial charge in [0.2, 0.25) is 0 Å². The minimum absolute atomic E-state index is 0.0263. The Bertz CT molecular complexity index is 513. The van der Waals surface area contributed by atoms with Crippen LogP contribution < -0.4 is 10.3 Å². The van der Waals surface area contributed by atoms with Crippen molar-refractivity contribution in [1.82, 2.24) is 0 Å². The minimum atomic E-state index is -4.72. The number of benzene rings is 1. The molecule has 1 unspecified atom stereocenters. The number of hydrogen-bond acceptors (Lipinski definition) is 5. The lowest BCUT2D eigenvalue weighted by molar-refractivity contribution is -0.138. The highest BCUT2D eigenvalue weighted by atomic mass is 31.2. The van der Waals surface area contributed by atoms with Crippen LogP contribution >= 0.6 is 7.82 Å². The third-order valence-corrected chi connectivity index (χ3v) is 2.72. The van der Waals surface area contributed by atoms with Crippen molar-refractivity contribution in [2.45, 2.75) is 19.1 Å². The fourth-order valence-electron chi connectivity index (χ4n) is 1.44. The second kappa shape index (κ2) is 6.14. The molecule has 9 heteroatoms. The number of aliphatic carboxylic acids is 1. The zero-order chi connectivity index (χ0) is 14.6. The number of carbonyl (C=O) groups is 1. The van der Waals surface area contributed by atoms with Crippen LogP contribution in [0.1, 0.15) is 11.1 Å². The summed E-state index contributed by atoms with van der Waals surface area (Å²) in [5.74, 6) is -1.33. The maximum absolute atomic E-state index is 10.7.